The smallest absolute Gasteiger partial charge is 0.350 e. The molecule has 3 aliphatic rings. The van der Waals surface area contributed by atoms with Crippen LogP contribution in [0.3, 0.4) is 0 Å². The van der Waals surface area contributed by atoms with E-state index < -0.39 is 6.10 Å². The van der Waals surface area contributed by atoms with Gasteiger partial charge in [0.1, 0.15) is 6.79 Å². The number of fused-ring (bicyclic) bond motifs is 4. The molecule has 0 aromatic rings. The average Bonchev–Trinajstić information content (AvgIpc) is 3.18. The molecule has 2 heterocycles. The highest BCUT2D eigenvalue weighted by Crippen LogP contribution is 2.38. The number of rotatable bonds is 3. The second-order valence-electron chi connectivity index (χ2n) is 6.92. The van der Waals surface area contributed by atoms with Crippen molar-refractivity contribution in [2.45, 2.75) is 63.8 Å². The van der Waals surface area contributed by atoms with Crippen molar-refractivity contribution in [2.24, 2.45) is 17.0 Å². The highest BCUT2D eigenvalue weighted by Gasteiger charge is 2.41. The Morgan fingerprint density at radius 2 is 2.25 bits per heavy atom. The number of nitrogens with zero attached hydrogens (tertiary/aromatic N) is 1. The molecule has 0 saturated heterocycles. The molecule has 6 nitrogen and oxygen atoms in total. The molecule has 0 aromatic carbocycles. The van der Waals surface area contributed by atoms with Gasteiger partial charge in [-0.2, -0.15) is 0 Å². The summed E-state index contributed by atoms with van der Waals surface area (Å²) in [4.78, 5) is 17.6. The van der Waals surface area contributed by atoms with Crippen LogP contribution in [0.25, 0.3) is 0 Å². The van der Waals surface area contributed by atoms with Crippen molar-refractivity contribution < 1.29 is 23.8 Å². The predicted molar refractivity (Wildman–Crippen MR) is 88.4 cm³/mol. The molecule has 0 aromatic heterocycles. The molecule has 1 saturated carbocycles. The van der Waals surface area contributed by atoms with Crippen molar-refractivity contribution >= 4 is 11.7 Å². The Bertz CT molecular complexity index is 504. The number of allylic oxidation sites excluding steroid dienone is 2. The van der Waals surface area contributed by atoms with E-state index in [4.69, 9.17) is 19.0 Å². The van der Waals surface area contributed by atoms with E-state index in [0.29, 0.717) is 19.1 Å². The maximum atomic E-state index is 12.2. The van der Waals surface area contributed by atoms with Gasteiger partial charge >= 0.3 is 5.97 Å². The molecule has 3 rings (SSSR count). The molecular formula is C18H27NO5. The van der Waals surface area contributed by atoms with Crippen LogP contribution in [0.2, 0.25) is 0 Å². The van der Waals surface area contributed by atoms with Gasteiger partial charge in [0.15, 0.2) is 0 Å². The highest BCUT2D eigenvalue weighted by molar-refractivity contribution is 5.93. The standard InChI is InChI=1S/C18H27NO5/c1-12-6-4-3-5-7-13-8-14(22-11-21-2)9-15(13)16-10-17(24-19-16)18(20)23-12/h5,7,12-15,17H,3-4,6,8-11H2,1-2H3/b7-5+/t12-,13+,14-,15+,17-/m0/s1. The van der Waals surface area contributed by atoms with E-state index in [1.54, 1.807) is 7.11 Å². The summed E-state index contributed by atoms with van der Waals surface area (Å²) in [7, 11) is 1.63. The molecule has 2 bridgehead atoms. The van der Waals surface area contributed by atoms with Gasteiger partial charge in [-0.3, -0.25) is 0 Å². The summed E-state index contributed by atoms with van der Waals surface area (Å²) in [5.74, 6) is 0.344. The van der Waals surface area contributed by atoms with Gasteiger partial charge in [0.25, 0.3) is 0 Å². The van der Waals surface area contributed by atoms with Gasteiger partial charge in [-0.25, -0.2) is 4.79 Å². The Hall–Kier alpha value is -1.40. The van der Waals surface area contributed by atoms with Gasteiger partial charge in [0, 0.05) is 19.4 Å². The second-order valence-corrected chi connectivity index (χ2v) is 6.92. The Balaban J connectivity index is 1.72. The number of oxime groups is 1. The number of methoxy groups -OCH3 is 1. The van der Waals surface area contributed by atoms with Crippen molar-refractivity contribution in [3.63, 3.8) is 0 Å². The molecule has 1 fully saturated rings. The quantitative estimate of drug-likeness (QED) is 0.450. The molecule has 0 unspecified atom stereocenters. The zero-order valence-electron chi connectivity index (χ0n) is 14.5. The van der Waals surface area contributed by atoms with Crippen molar-refractivity contribution in [2.75, 3.05) is 13.9 Å². The minimum Gasteiger partial charge on any atom is -0.460 e. The molecule has 24 heavy (non-hydrogen) atoms. The molecule has 0 N–H and O–H groups in total. The normalized spacial score (nSPS) is 38.0. The van der Waals surface area contributed by atoms with Crippen molar-refractivity contribution in [3.05, 3.63) is 12.2 Å². The number of ether oxygens (including phenoxy) is 3. The molecular weight excluding hydrogens is 310 g/mol. The van der Waals surface area contributed by atoms with Gasteiger partial charge < -0.3 is 19.0 Å². The summed E-state index contributed by atoms with van der Waals surface area (Å²) in [6.45, 7) is 2.24. The molecule has 0 amide bonds. The minimum atomic E-state index is -0.591. The molecule has 0 spiro atoms. The fraction of sp³-hybridized carbons (Fsp3) is 0.778. The third kappa shape index (κ3) is 4.16. The maximum Gasteiger partial charge on any atom is 0.350 e. The summed E-state index contributed by atoms with van der Waals surface area (Å²) in [6.07, 6.45) is 9.27. The molecule has 0 radical (unpaired) electrons. The van der Waals surface area contributed by atoms with Crippen molar-refractivity contribution in [3.8, 4) is 0 Å². The first-order chi connectivity index (χ1) is 11.7. The van der Waals surface area contributed by atoms with Crippen LogP contribution in [-0.2, 0) is 23.8 Å². The Kier molecular flexibility index (Phi) is 5.89. The number of esters is 1. The number of carbonyl (C=O) groups is 1. The zero-order chi connectivity index (χ0) is 16.9. The molecule has 134 valence electrons. The lowest BCUT2D eigenvalue weighted by Gasteiger charge is -2.15. The highest BCUT2D eigenvalue weighted by atomic mass is 16.7. The number of cyclic esters (lactones) is 1. The van der Waals surface area contributed by atoms with Crippen LogP contribution in [0.15, 0.2) is 17.3 Å². The first-order valence-electron chi connectivity index (χ1n) is 8.87. The minimum absolute atomic E-state index is 0.0781. The fourth-order valence-electron chi connectivity index (χ4n) is 3.79. The van der Waals surface area contributed by atoms with E-state index in [1.807, 2.05) is 6.92 Å². The van der Waals surface area contributed by atoms with E-state index in [9.17, 15) is 4.79 Å². The van der Waals surface area contributed by atoms with E-state index in [0.717, 1.165) is 37.8 Å². The van der Waals surface area contributed by atoms with Crippen LogP contribution in [0.5, 0.6) is 0 Å². The first-order valence-corrected chi connectivity index (χ1v) is 8.87. The fourth-order valence-corrected chi connectivity index (χ4v) is 3.79. The lowest BCUT2D eigenvalue weighted by molar-refractivity contribution is -0.160. The topological polar surface area (TPSA) is 66.4 Å². The maximum absolute atomic E-state index is 12.2. The van der Waals surface area contributed by atoms with Crippen molar-refractivity contribution in [1.82, 2.24) is 0 Å². The van der Waals surface area contributed by atoms with Crippen molar-refractivity contribution in [1.29, 1.82) is 0 Å². The first kappa shape index (κ1) is 17.4. The largest absolute Gasteiger partial charge is 0.460 e. The summed E-state index contributed by atoms with van der Waals surface area (Å²) >= 11 is 0. The van der Waals surface area contributed by atoms with Crippen LogP contribution in [0.1, 0.15) is 45.4 Å². The molecule has 1 aliphatic carbocycles. The SMILES string of the molecule is COCO[C@H]1C[C@H]2/C=C/CCC[C@H](C)OC(=O)[C@@H]3CC(=NO3)[C@@H]2C1. The van der Waals surface area contributed by atoms with Crippen LogP contribution < -0.4 is 0 Å². The summed E-state index contributed by atoms with van der Waals surface area (Å²) in [6, 6.07) is 0. The molecule has 5 atom stereocenters. The van der Waals surface area contributed by atoms with Gasteiger partial charge in [-0.15, -0.1) is 0 Å². The monoisotopic (exact) mass is 337 g/mol. The van der Waals surface area contributed by atoms with Gasteiger partial charge in [-0.1, -0.05) is 17.3 Å². The summed E-state index contributed by atoms with van der Waals surface area (Å²) < 4.78 is 16.3. The Morgan fingerprint density at radius 3 is 3.08 bits per heavy atom. The van der Waals surface area contributed by atoms with Crippen LogP contribution in [0.4, 0.5) is 0 Å². The van der Waals surface area contributed by atoms with Gasteiger partial charge in [0.05, 0.1) is 17.9 Å². The third-order valence-electron chi connectivity index (χ3n) is 5.05. The number of carbonyl (C=O) groups excluding carboxylic acids is 1. The summed E-state index contributed by atoms with van der Waals surface area (Å²) in [5, 5.41) is 4.21. The predicted octanol–water partition coefficient (Wildman–Crippen LogP) is 2.82. The van der Waals surface area contributed by atoms with Gasteiger partial charge in [0.2, 0.25) is 6.10 Å². The van der Waals surface area contributed by atoms with Gasteiger partial charge in [-0.05, 0) is 44.9 Å². The zero-order valence-corrected chi connectivity index (χ0v) is 14.5. The Labute approximate surface area is 143 Å². The van der Waals surface area contributed by atoms with Crippen LogP contribution in [0, 0.1) is 11.8 Å². The Morgan fingerprint density at radius 1 is 1.38 bits per heavy atom. The van der Waals surface area contributed by atoms with E-state index in [-0.39, 0.29) is 24.1 Å². The summed E-state index contributed by atoms with van der Waals surface area (Å²) in [5.41, 5.74) is 0.960. The number of hydrogen-bond acceptors (Lipinski definition) is 6. The van der Waals surface area contributed by atoms with E-state index >= 15 is 0 Å². The van der Waals surface area contributed by atoms with E-state index in [1.165, 1.54) is 0 Å². The van der Waals surface area contributed by atoms with Crippen LogP contribution >= 0.6 is 0 Å². The van der Waals surface area contributed by atoms with E-state index in [2.05, 4.69) is 17.3 Å². The molecule has 6 heteroatoms. The third-order valence-corrected chi connectivity index (χ3v) is 5.05. The molecule has 2 aliphatic heterocycles. The number of hydrogen-bond donors (Lipinski definition) is 0. The second kappa shape index (κ2) is 8.12. The average molecular weight is 337 g/mol. The van der Waals surface area contributed by atoms with Crippen LogP contribution in [-0.4, -0.2) is 43.9 Å². The lowest BCUT2D eigenvalue weighted by Crippen LogP contribution is -2.28. The lowest BCUT2D eigenvalue weighted by atomic mass is 9.88.